The molecule has 0 aliphatic rings. The molecule has 0 saturated carbocycles. The van der Waals surface area contributed by atoms with Gasteiger partial charge in [0.1, 0.15) is 11.4 Å². The molecule has 1 heterocycles. The molecule has 2 aromatic carbocycles. The zero-order valence-electron chi connectivity index (χ0n) is 12.9. The molecule has 122 valence electrons. The molecule has 6 nitrogen and oxygen atoms in total. The molecule has 0 saturated heterocycles. The standard InChI is InChI=1S/C17H15ClN3O3/c1-23-16-8-6-15(7-9-16)21-17(10-14(19-21)11-24-20-22)12-2-4-13(18)5-3-12/h2-10,20H,11H2,1H3/q+1. The molecule has 0 bridgehead atoms. The molecule has 0 atom stereocenters. The number of hydrogen-bond acceptors (Lipinski definition) is 4. The Hall–Kier alpha value is -2.86. The van der Waals surface area contributed by atoms with Gasteiger partial charge in [-0.15, -0.1) is 0 Å². The van der Waals surface area contributed by atoms with E-state index >= 15 is 0 Å². The number of ether oxygens (including phenoxy) is 1. The van der Waals surface area contributed by atoms with Crippen molar-refractivity contribution in [2.24, 2.45) is 0 Å². The van der Waals surface area contributed by atoms with Gasteiger partial charge in [0.25, 0.3) is 0 Å². The number of aromatic nitrogens is 2. The van der Waals surface area contributed by atoms with Crippen molar-refractivity contribution < 1.29 is 14.9 Å². The lowest BCUT2D eigenvalue weighted by Gasteiger charge is -2.08. The van der Waals surface area contributed by atoms with Gasteiger partial charge in [0.05, 0.1) is 23.4 Å². The van der Waals surface area contributed by atoms with Gasteiger partial charge in [0, 0.05) is 10.6 Å². The quantitative estimate of drug-likeness (QED) is 0.698. The van der Waals surface area contributed by atoms with Crippen LogP contribution in [0, 0.1) is 4.91 Å². The fourth-order valence-corrected chi connectivity index (χ4v) is 2.48. The normalized spacial score (nSPS) is 10.4. The predicted octanol–water partition coefficient (Wildman–Crippen LogP) is 2.48. The lowest BCUT2D eigenvalue weighted by molar-refractivity contribution is -0.775. The smallest absolute Gasteiger partial charge is 0.208 e. The van der Waals surface area contributed by atoms with Crippen LogP contribution in [0.1, 0.15) is 5.69 Å². The van der Waals surface area contributed by atoms with Gasteiger partial charge in [0.2, 0.25) is 11.9 Å². The third kappa shape index (κ3) is 3.38. The highest BCUT2D eigenvalue weighted by atomic mass is 35.5. The summed E-state index contributed by atoms with van der Waals surface area (Å²) in [6.07, 6.45) is 0. The summed E-state index contributed by atoms with van der Waals surface area (Å²) < 4.78 is 6.97. The van der Waals surface area contributed by atoms with E-state index in [4.69, 9.17) is 21.2 Å². The summed E-state index contributed by atoms with van der Waals surface area (Å²) >= 11 is 5.96. The predicted molar refractivity (Wildman–Crippen MR) is 89.7 cm³/mol. The van der Waals surface area contributed by atoms with Crippen molar-refractivity contribution in [1.82, 2.24) is 9.78 Å². The van der Waals surface area contributed by atoms with Crippen LogP contribution in [-0.4, -0.2) is 16.9 Å². The Labute approximate surface area is 143 Å². The molecule has 0 unspecified atom stereocenters. The Kier molecular flexibility index (Phi) is 4.77. The van der Waals surface area contributed by atoms with Crippen LogP contribution < -0.4 is 10.1 Å². The third-order valence-electron chi connectivity index (χ3n) is 3.50. The molecule has 7 heteroatoms. The number of halogens is 1. The summed E-state index contributed by atoms with van der Waals surface area (Å²) in [5.74, 6) is 0.762. The third-order valence-corrected chi connectivity index (χ3v) is 3.75. The highest BCUT2D eigenvalue weighted by molar-refractivity contribution is 6.30. The van der Waals surface area contributed by atoms with Crippen LogP contribution in [0.25, 0.3) is 16.9 Å². The van der Waals surface area contributed by atoms with Crippen LogP contribution in [0.15, 0.2) is 54.6 Å². The van der Waals surface area contributed by atoms with Gasteiger partial charge < -0.3 is 4.74 Å². The maximum Gasteiger partial charge on any atom is 0.208 e. The molecule has 0 fully saturated rings. The van der Waals surface area contributed by atoms with Gasteiger partial charge in [-0.3, -0.25) is 0 Å². The van der Waals surface area contributed by atoms with E-state index in [9.17, 15) is 4.91 Å². The van der Waals surface area contributed by atoms with Crippen LogP contribution in [0.4, 0.5) is 0 Å². The van der Waals surface area contributed by atoms with Gasteiger partial charge in [0.15, 0.2) is 0 Å². The van der Waals surface area contributed by atoms with E-state index in [0.29, 0.717) is 10.7 Å². The monoisotopic (exact) mass is 344 g/mol. The summed E-state index contributed by atoms with van der Waals surface area (Å²) in [5.41, 5.74) is 3.30. The molecule has 0 spiro atoms. The molecule has 1 aromatic heterocycles. The maximum absolute atomic E-state index is 10.3. The molecular weight excluding hydrogens is 330 g/mol. The molecular formula is C17H15ClN3O3+. The zero-order chi connectivity index (χ0) is 16.9. The van der Waals surface area contributed by atoms with Crippen molar-refractivity contribution in [1.29, 1.82) is 0 Å². The summed E-state index contributed by atoms with van der Waals surface area (Å²) in [4.78, 5) is 15.0. The van der Waals surface area contributed by atoms with E-state index < -0.39 is 0 Å². The minimum absolute atomic E-state index is 0.0627. The first-order chi connectivity index (χ1) is 11.7. The Morgan fingerprint density at radius 2 is 1.83 bits per heavy atom. The van der Waals surface area contributed by atoms with Gasteiger partial charge in [-0.1, -0.05) is 23.7 Å². The molecule has 24 heavy (non-hydrogen) atoms. The fourth-order valence-electron chi connectivity index (χ4n) is 2.35. The Bertz CT molecular complexity index is 829. The molecule has 3 aromatic rings. The number of hydrogen-bond donors (Lipinski definition) is 1. The second-order valence-corrected chi connectivity index (χ2v) is 5.45. The van der Waals surface area contributed by atoms with Crippen LogP contribution in [0.3, 0.4) is 0 Å². The van der Waals surface area contributed by atoms with Gasteiger partial charge in [-0.2, -0.15) is 5.10 Å². The fraction of sp³-hybridized carbons (Fsp3) is 0.118. The number of rotatable bonds is 6. The van der Waals surface area contributed by atoms with Crippen LogP contribution in [0.2, 0.25) is 5.02 Å². The SMILES string of the molecule is COc1ccc(-n2nc(CO[NH+]=O)cc2-c2ccc(Cl)cc2)cc1. The summed E-state index contributed by atoms with van der Waals surface area (Å²) in [7, 11) is 1.62. The van der Waals surface area contributed by atoms with E-state index in [1.54, 1.807) is 11.8 Å². The first kappa shape index (κ1) is 16.0. The van der Waals surface area contributed by atoms with Gasteiger partial charge in [-0.25, -0.2) is 9.52 Å². The molecule has 0 amide bonds. The van der Waals surface area contributed by atoms with E-state index in [1.165, 1.54) is 5.34 Å². The average molecular weight is 345 g/mol. The van der Waals surface area contributed by atoms with Crippen LogP contribution in [0.5, 0.6) is 5.75 Å². The number of benzene rings is 2. The summed E-state index contributed by atoms with van der Waals surface area (Å²) in [5, 5.41) is 6.59. The summed E-state index contributed by atoms with van der Waals surface area (Å²) in [6, 6.07) is 16.9. The average Bonchev–Trinajstić information content (AvgIpc) is 3.05. The largest absolute Gasteiger partial charge is 0.497 e. The Balaban J connectivity index is 2.05. The van der Waals surface area contributed by atoms with Crippen LogP contribution in [-0.2, 0) is 11.4 Å². The first-order valence-corrected chi connectivity index (χ1v) is 7.57. The lowest BCUT2D eigenvalue weighted by atomic mass is 10.1. The highest BCUT2D eigenvalue weighted by Gasteiger charge is 2.13. The molecule has 0 aliphatic carbocycles. The van der Waals surface area contributed by atoms with E-state index in [-0.39, 0.29) is 6.61 Å². The number of nitrogens with one attached hydrogen (secondary N) is 1. The topological polar surface area (TPSA) is 67.3 Å². The minimum Gasteiger partial charge on any atom is -0.497 e. The van der Waals surface area contributed by atoms with E-state index in [0.717, 1.165) is 22.7 Å². The van der Waals surface area contributed by atoms with Gasteiger partial charge >= 0.3 is 0 Å². The van der Waals surface area contributed by atoms with Crippen LogP contribution >= 0.6 is 11.6 Å². The highest BCUT2D eigenvalue weighted by Crippen LogP contribution is 2.26. The number of nitrogens with zero attached hydrogens (tertiary/aromatic N) is 2. The minimum atomic E-state index is 0.0627. The molecule has 0 aliphatic heterocycles. The van der Waals surface area contributed by atoms with Crippen molar-refractivity contribution in [2.45, 2.75) is 6.61 Å². The molecule has 1 N–H and O–H groups in total. The zero-order valence-corrected chi connectivity index (χ0v) is 13.7. The number of methoxy groups -OCH3 is 1. The Morgan fingerprint density at radius 3 is 2.46 bits per heavy atom. The van der Waals surface area contributed by atoms with Crippen molar-refractivity contribution in [3.63, 3.8) is 0 Å². The second kappa shape index (κ2) is 7.14. The van der Waals surface area contributed by atoms with Gasteiger partial charge in [-0.05, 0) is 42.5 Å². The summed E-state index contributed by atoms with van der Waals surface area (Å²) in [6.45, 7) is 0.0627. The van der Waals surface area contributed by atoms with E-state index in [1.807, 2.05) is 54.6 Å². The lowest BCUT2D eigenvalue weighted by Crippen LogP contribution is -2.62. The molecule has 0 radical (unpaired) electrons. The maximum atomic E-state index is 10.3. The first-order valence-electron chi connectivity index (χ1n) is 7.19. The van der Waals surface area contributed by atoms with Crippen molar-refractivity contribution in [2.75, 3.05) is 7.11 Å². The Morgan fingerprint density at radius 1 is 1.12 bits per heavy atom. The van der Waals surface area contributed by atoms with Crippen molar-refractivity contribution in [3.05, 3.63) is 70.2 Å². The van der Waals surface area contributed by atoms with E-state index in [2.05, 4.69) is 5.10 Å². The van der Waals surface area contributed by atoms with Crippen molar-refractivity contribution in [3.8, 4) is 22.7 Å². The second-order valence-electron chi connectivity index (χ2n) is 5.01. The van der Waals surface area contributed by atoms with Crippen molar-refractivity contribution >= 4 is 11.6 Å². The molecule has 3 rings (SSSR count).